The van der Waals surface area contributed by atoms with Crippen molar-refractivity contribution in [3.05, 3.63) is 5.01 Å². The Hall–Kier alpha value is -0.970. The minimum Gasteiger partial charge on any atom is -0.301 e. The fraction of sp³-hybridized carbons (Fsp3) is 0.727. The normalized spacial score (nSPS) is 10.4. The van der Waals surface area contributed by atoms with Crippen molar-refractivity contribution >= 4 is 22.4 Å². The molecule has 1 amide bonds. The number of rotatable bonds is 7. The predicted octanol–water partition coefficient (Wildman–Crippen LogP) is 3.01. The summed E-state index contributed by atoms with van der Waals surface area (Å²) in [5.74, 6) is 0.0417. The van der Waals surface area contributed by atoms with Crippen molar-refractivity contribution in [2.75, 3.05) is 5.32 Å². The molecule has 1 rings (SSSR count). The van der Waals surface area contributed by atoms with E-state index in [0.717, 1.165) is 37.1 Å². The molecule has 16 heavy (non-hydrogen) atoms. The monoisotopic (exact) mass is 241 g/mol. The number of nitrogens with one attached hydrogen (secondary N) is 1. The summed E-state index contributed by atoms with van der Waals surface area (Å²) >= 11 is 1.48. The summed E-state index contributed by atoms with van der Waals surface area (Å²) < 4.78 is 0. The first-order chi connectivity index (χ1) is 7.76. The van der Waals surface area contributed by atoms with Crippen molar-refractivity contribution in [2.24, 2.45) is 0 Å². The van der Waals surface area contributed by atoms with Gasteiger partial charge in [-0.1, -0.05) is 38.0 Å². The fourth-order valence-corrected chi connectivity index (χ4v) is 2.05. The number of hydrogen-bond donors (Lipinski definition) is 1. The standard InChI is InChI=1S/C11H19N3OS/c1-3-5-7-9(15)12-11-14-13-10(16-11)8-6-4-2/h3-8H2,1-2H3,(H,12,14,15). The minimum absolute atomic E-state index is 0.0417. The average Bonchev–Trinajstić information content (AvgIpc) is 2.71. The number of unbranched alkanes of at least 4 members (excludes halogenated alkanes) is 2. The Morgan fingerprint density at radius 2 is 2.00 bits per heavy atom. The Labute approximate surface area is 100 Å². The smallest absolute Gasteiger partial charge is 0.226 e. The molecule has 0 aliphatic heterocycles. The molecule has 5 heteroatoms. The van der Waals surface area contributed by atoms with Crippen molar-refractivity contribution in [3.63, 3.8) is 0 Å². The van der Waals surface area contributed by atoms with Crippen LogP contribution in [0.2, 0.25) is 0 Å². The first-order valence-electron chi connectivity index (χ1n) is 5.88. The highest BCUT2D eigenvalue weighted by molar-refractivity contribution is 7.15. The molecule has 0 aliphatic rings. The summed E-state index contributed by atoms with van der Waals surface area (Å²) in [6.45, 7) is 4.22. The van der Waals surface area contributed by atoms with E-state index in [4.69, 9.17) is 0 Å². The number of anilines is 1. The Bertz CT molecular complexity index is 325. The zero-order valence-electron chi connectivity index (χ0n) is 9.95. The van der Waals surface area contributed by atoms with E-state index in [1.807, 2.05) is 0 Å². The van der Waals surface area contributed by atoms with Crippen LogP contribution in [0.1, 0.15) is 51.0 Å². The fourth-order valence-electron chi connectivity index (χ4n) is 1.25. The van der Waals surface area contributed by atoms with Gasteiger partial charge in [-0.15, -0.1) is 10.2 Å². The molecule has 90 valence electrons. The third-order valence-corrected chi connectivity index (χ3v) is 3.11. The summed E-state index contributed by atoms with van der Waals surface area (Å²) in [6.07, 6.45) is 5.76. The van der Waals surface area contributed by atoms with Crippen molar-refractivity contribution in [1.82, 2.24) is 10.2 Å². The first-order valence-corrected chi connectivity index (χ1v) is 6.70. The van der Waals surface area contributed by atoms with Gasteiger partial charge < -0.3 is 5.32 Å². The maximum Gasteiger partial charge on any atom is 0.226 e. The number of aromatic nitrogens is 2. The second-order valence-electron chi connectivity index (χ2n) is 3.76. The third kappa shape index (κ3) is 4.70. The Balaban J connectivity index is 2.36. The van der Waals surface area contributed by atoms with Crippen LogP contribution in [0.4, 0.5) is 5.13 Å². The number of carbonyl (C=O) groups excluding carboxylic acids is 1. The molecule has 0 radical (unpaired) electrons. The molecule has 0 aliphatic carbocycles. The first kappa shape index (κ1) is 13.1. The van der Waals surface area contributed by atoms with E-state index in [1.165, 1.54) is 11.3 Å². The van der Waals surface area contributed by atoms with Gasteiger partial charge in [0.15, 0.2) is 0 Å². The molecule has 0 atom stereocenters. The molecule has 0 spiro atoms. The lowest BCUT2D eigenvalue weighted by Crippen LogP contribution is -2.10. The summed E-state index contributed by atoms with van der Waals surface area (Å²) in [6, 6.07) is 0. The van der Waals surface area contributed by atoms with Gasteiger partial charge in [-0.2, -0.15) is 0 Å². The van der Waals surface area contributed by atoms with E-state index in [-0.39, 0.29) is 5.91 Å². The molecule has 0 fully saturated rings. The van der Waals surface area contributed by atoms with Crippen molar-refractivity contribution in [1.29, 1.82) is 0 Å². The second kappa shape index (κ2) is 7.33. The molecule has 0 bridgehead atoms. The molecule has 4 nitrogen and oxygen atoms in total. The molecule has 1 N–H and O–H groups in total. The molecular weight excluding hydrogens is 222 g/mol. The van der Waals surface area contributed by atoms with Gasteiger partial charge in [0.05, 0.1) is 0 Å². The maximum atomic E-state index is 11.4. The summed E-state index contributed by atoms with van der Waals surface area (Å²) in [5.41, 5.74) is 0. The number of amides is 1. The maximum absolute atomic E-state index is 11.4. The largest absolute Gasteiger partial charge is 0.301 e. The topological polar surface area (TPSA) is 54.9 Å². The van der Waals surface area contributed by atoms with Crippen molar-refractivity contribution in [3.8, 4) is 0 Å². The van der Waals surface area contributed by atoms with E-state index in [1.54, 1.807) is 0 Å². The molecule has 1 aromatic heterocycles. The zero-order chi connectivity index (χ0) is 11.8. The van der Waals surface area contributed by atoms with Crippen LogP contribution in [-0.4, -0.2) is 16.1 Å². The predicted molar refractivity (Wildman–Crippen MR) is 66.7 cm³/mol. The van der Waals surface area contributed by atoms with Crippen molar-refractivity contribution in [2.45, 2.75) is 52.4 Å². The van der Waals surface area contributed by atoms with Gasteiger partial charge in [0, 0.05) is 12.8 Å². The van der Waals surface area contributed by atoms with Crippen LogP contribution >= 0.6 is 11.3 Å². The van der Waals surface area contributed by atoms with Gasteiger partial charge >= 0.3 is 0 Å². The molecule has 1 heterocycles. The molecule has 1 aromatic rings. The number of nitrogens with zero attached hydrogens (tertiary/aromatic N) is 2. The number of carbonyl (C=O) groups is 1. The number of hydrogen-bond acceptors (Lipinski definition) is 4. The average molecular weight is 241 g/mol. The van der Waals surface area contributed by atoms with Gasteiger partial charge in [-0.25, -0.2) is 0 Å². The van der Waals surface area contributed by atoms with E-state index >= 15 is 0 Å². The molecule has 0 saturated heterocycles. The third-order valence-electron chi connectivity index (χ3n) is 2.21. The van der Waals surface area contributed by atoms with Gasteiger partial charge in [-0.3, -0.25) is 4.79 Å². The SMILES string of the molecule is CCCCC(=O)Nc1nnc(CCCC)s1. The highest BCUT2D eigenvalue weighted by Gasteiger charge is 2.07. The van der Waals surface area contributed by atoms with E-state index in [2.05, 4.69) is 29.4 Å². The van der Waals surface area contributed by atoms with Crippen LogP contribution in [0.15, 0.2) is 0 Å². The zero-order valence-corrected chi connectivity index (χ0v) is 10.8. The molecular formula is C11H19N3OS. The van der Waals surface area contributed by atoms with Crippen LogP contribution < -0.4 is 5.32 Å². The van der Waals surface area contributed by atoms with Crippen molar-refractivity contribution < 1.29 is 4.79 Å². The summed E-state index contributed by atoms with van der Waals surface area (Å²) in [4.78, 5) is 11.4. The summed E-state index contributed by atoms with van der Waals surface area (Å²) in [7, 11) is 0. The highest BCUT2D eigenvalue weighted by Crippen LogP contribution is 2.17. The summed E-state index contributed by atoms with van der Waals surface area (Å²) in [5, 5.41) is 12.4. The lowest BCUT2D eigenvalue weighted by molar-refractivity contribution is -0.116. The highest BCUT2D eigenvalue weighted by atomic mass is 32.1. The molecule has 0 saturated carbocycles. The van der Waals surface area contributed by atoms with Crippen LogP contribution in [-0.2, 0) is 11.2 Å². The lowest BCUT2D eigenvalue weighted by atomic mass is 10.2. The van der Waals surface area contributed by atoms with Gasteiger partial charge in [0.2, 0.25) is 11.0 Å². The Morgan fingerprint density at radius 1 is 1.25 bits per heavy atom. The van der Waals surface area contributed by atoms with Crippen LogP contribution in [0.25, 0.3) is 0 Å². The second-order valence-corrected chi connectivity index (χ2v) is 4.82. The number of aryl methyl sites for hydroxylation is 1. The van der Waals surface area contributed by atoms with Crippen LogP contribution in [0, 0.1) is 0 Å². The van der Waals surface area contributed by atoms with Gasteiger partial charge in [-0.05, 0) is 12.8 Å². The van der Waals surface area contributed by atoms with Gasteiger partial charge in [0.1, 0.15) is 5.01 Å². The van der Waals surface area contributed by atoms with Crippen LogP contribution in [0.5, 0.6) is 0 Å². The molecule has 0 unspecified atom stereocenters. The molecule has 0 aromatic carbocycles. The van der Waals surface area contributed by atoms with Gasteiger partial charge in [0.25, 0.3) is 0 Å². The quantitative estimate of drug-likeness (QED) is 0.798. The lowest BCUT2D eigenvalue weighted by Gasteiger charge is -1.98. The Kier molecular flexibility index (Phi) is 6.00. The minimum atomic E-state index is 0.0417. The van der Waals surface area contributed by atoms with E-state index < -0.39 is 0 Å². The van der Waals surface area contributed by atoms with Crippen LogP contribution in [0.3, 0.4) is 0 Å². The van der Waals surface area contributed by atoms with E-state index in [9.17, 15) is 4.79 Å². The van der Waals surface area contributed by atoms with E-state index in [0.29, 0.717) is 11.6 Å². The Morgan fingerprint density at radius 3 is 2.69 bits per heavy atom.